The molecule has 15 heavy (non-hydrogen) atoms. The van der Waals surface area contributed by atoms with Gasteiger partial charge in [-0.05, 0) is 23.1 Å². The summed E-state index contributed by atoms with van der Waals surface area (Å²) in [5.41, 5.74) is 0.898. The maximum atomic E-state index is 11.1. The smallest absolute Gasteiger partial charge is 0.207 e. The van der Waals surface area contributed by atoms with Crippen LogP contribution in [-0.4, -0.2) is 8.42 Å². The molecule has 0 N–H and O–H groups in total. The van der Waals surface area contributed by atoms with E-state index < -0.39 is 9.05 Å². The summed E-state index contributed by atoms with van der Waals surface area (Å²) in [5, 5.41) is 0.164. The van der Waals surface area contributed by atoms with Gasteiger partial charge in [0.25, 0.3) is 9.05 Å². The Morgan fingerprint density at radius 2 is 1.73 bits per heavy atom. The minimum Gasteiger partial charge on any atom is -0.207 e. The van der Waals surface area contributed by atoms with Crippen molar-refractivity contribution in [2.75, 3.05) is 0 Å². The van der Waals surface area contributed by atoms with Crippen LogP contribution in [0.25, 0.3) is 0 Å². The van der Waals surface area contributed by atoms with Crippen LogP contribution in [-0.2, 0) is 14.5 Å². The quantitative estimate of drug-likeness (QED) is 0.729. The normalized spacial score (nSPS) is 12.9. The molecule has 0 saturated heterocycles. The van der Waals surface area contributed by atoms with Gasteiger partial charge in [-0.2, -0.15) is 0 Å². The molecule has 5 heteroatoms. The van der Waals surface area contributed by atoms with Crippen LogP contribution in [0.3, 0.4) is 0 Å². The molecular formula is C10H12Cl2O2S. The van der Waals surface area contributed by atoms with Crippen molar-refractivity contribution < 1.29 is 8.42 Å². The molecule has 0 fully saturated rings. The number of hydrogen-bond acceptors (Lipinski definition) is 2. The topological polar surface area (TPSA) is 34.1 Å². The van der Waals surface area contributed by atoms with Crippen LogP contribution in [0, 0.1) is 0 Å². The van der Waals surface area contributed by atoms with Crippen molar-refractivity contribution in [3.8, 4) is 0 Å². The van der Waals surface area contributed by atoms with E-state index in [-0.39, 0.29) is 15.3 Å². The molecular weight excluding hydrogens is 255 g/mol. The van der Waals surface area contributed by atoms with Crippen LogP contribution in [0.15, 0.2) is 23.1 Å². The van der Waals surface area contributed by atoms with Crippen LogP contribution in [0.4, 0.5) is 0 Å². The van der Waals surface area contributed by atoms with Gasteiger partial charge in [0.2, 0.25) is 0 Å². The van der Waals surface area contributed by atoms with Crippen LogP contribution >= 0.6 is 22.3 Å². The maximum Gasteiger partial charge on any atom is 0.262 e. The summed E-state index contributed by atoms with van der Waals surface area (Å²) < 4.78 is 22.2. The zero-order valence-electron chi connectivity index (χ0n) is 8.71. The zero-order chi connectivity index (χ0) is 11.9. The summed E-state index contributed by atoms with van der Waals surface area (Å²) in [5.74, 6) is 0. The molecule has 2 nitrogen and oxygen atoms in total. The Labute approximate surface area is 99.6 Å². The summed E-state index contributed by atoms with van der Waals surface area (Å²) in [6.45, 7) is 6.06. The first-order valence-electron chi connectivity index (χ1n) is 4.37. The molecule has 0 amide bonds. The molecule has 0 radical (unpaired) electrons. The first-order chi connectivity index (χ1) is 6.62. The predicted molar refractivity (Wildman–Crippen MR) is 63.2 cm³/mol. The largest absolute Gasteiger partial charge is 0.262 e. The Bertz CT molecular complexity index is 473. The fourth-order valence-electron chi connectivity index (χ4n) is 1.17. The van der Waals surface area contributed by atoms with E-state index in [0.717, 1.165) is 5.56 Å². The van der Waals surface area contributed by atoms with Gasteiger partial charge in [0.05, 0.1) is 5.02 Å². The van der Waals surface area contributed by atoms with E-state index in [1.807, 2.05) is 20.8 Å². The van der Waals surface area contributed by atoms with Gasteiger partial charge in [-0.15, -0.1) is 0 Å². The highest BCUT2D eigenvalue weighted by Crippen LogP contribution is 2.30. The minimum absolute atomic E-state index is 0.0427. The van der Waals surface area contributed by atoms with E-state index in [9.17, 15) is 8.42 Å². The highest BCUT2D eigenvalue weighted by Gasteiger charge is 2.19. The van der Waals surface area contributed by atoms with E-state index in [2.05, 4.69) is 0 Å². The van der Waals surface area contributed by atoms with Gasteiger partial charge in [0.15, 0.2) is 0 Å². The standard InChI is InChI=1S/C10H12Cl2O2S/c1-10(2,3)7-4-5-9(8(11)6-7)15(12,13)14/h4-6H,1-3H3. The monoisotopic (exact) mass is 266 g/mol. The second kappa shape index (κ2) is 3.96. The van der Waals surface area contributed by atoms with Crippen molar-refractivity contribution >= 4 is 31.3 Å². The predicted octanol–water partition coefficient (Wildman–Crippen LogP) is 3.57. The van der Waals surface area contributed by atoms with Crippen molar-refractivity contribution in [2.24, 2.45) is 0 Å². The number of hydrogen-bond donors (Lipinski definition) is 0. The average molecular weight is 267 g/mol. The Hall–Kier alpha value is -0.250. The molecule has 1 aromatic carbocycles. The van der Waals surface area contributed by atoms with Crippen molar-refractivity contribution in [1.29, 1.82) is 0 Å². The van der Waals surface area contributed by atoms with Crippen molar-refractivity contribution in [3.63, 3.8) is 0 Å². The second-order valence-electron chi connectivity index (χ2n) is 4.33. The Balaban J connectivity index is 3.34. The van der Waals surface area contributed by atoms with Crippen molar-refractivity contribution in [3.05, 3.63) is 28.8 Å². The van der Waals surface area contributed by atoms with Gasteiger partial charge in [-0.1, -0.05) is 38.4 Å². The van der Waals surface area contributed by atoms with E-state index in [1.165, 1.54) is 6.07 Å². The molecule has 0 spiro atoms. The molecule has 0 bridgehead atoms. The molecule has 0 aliphatic carbocycles. The number of benzene rings is 1. The van der Waals surface area contributed by atoms with Gasteiger partial charge >= 0.3 is 0 Å². The summed E-state index contributed by atoms with van der Waals surface area (Å²) in [7, 11) is 1.46. The molecule has 0 saturated carbocycles. The molecule has 0 aromatic heterocycles. The van der Waals surface area contributed by atoms with E-state index in [4.69, 9.17) is 22.3 Å². The Morgan fingerprint density at radius 3 is 2.07 bits per heavy atom. The van der Waals surface area contributed by atoms with Gasteiger partial charge in [-0.3, -0.25) is 0 Å². The zero-order valence-corrected chi connectivity index (χ0v) is 11.0. The molecule has 0 aliphatic heterocycles. The first kappa shape index (κ1) is 12.8. The summed E-state index contributed by atoms with van der Waals surface area (Å²) in [6.07, 6.45) is 0. The van der Waals surface area contributed by atoms with Crippen LogP contribution < -0.4 is 0 Å². The lowest BCUT2D eigenvalue weighted by molar-refractivity contribution is 0.588. The third-order valence-electron chi connectivity index (χ3n) is 2.06. The second-order valence-corrected chi connectivity index (χ2v) is 7.27. The van der Waals surface area contributed by atoms with Crippen molar-refractivity contribution in [2.45, 2.75) is 31.1 Å². The van der Waals surface area contributed by atoms with E-state index in [0.29, 0.717) is 0 Å². The fourth-order valence-corrected chi connectivity index (χ4v) is 2.69. The van der Waals surface area contributed by atoms with Gasteiger partial charge < -0.3 is 0 Å². The molecule has 1 aromatic rings. The van der Waals surface area contributed by atoms with E-state index in [1.54, 1.807) is 12.1 Å². The van der Waals surface area contributed by atoms with Crippen LogP contribution in [0.5, 0.6) is 0 Å². The molecule has 0 atom stereocenters. The summed E-state index contributed by atoms with van der Waals surface area (Å²) in [4.78, 5) is -0.0427. The lowest BCUT2D eigenvalue weighted by atomic mass is 9.87. The Kier molecular flexibility index (Phi) is 3.39. The van der Waals surface area contributed by atoms with Crippen LogP contribution in [0.1, 0.15) is 26.3 Å². The third kappa shape index (κ3) is 3.10. The summed E-state index contributed by atoms with van der Waals surface area (Å²) in [6, 6.07) is 4.79. The third-order valence-corrected chi connectivity index (χ3v) is 3.87. The number of rotatable bonds is 1. The number of halogens is 2. The molecule has 0 aliphatic rings. The van der Waals surface area contributed by atoms with Crippen LogP contribution in [0.2, 0.25) is 5.02 Å². The fraction of sp³-hybridized carbons (Fsp3) is 0.400. The molecule has 0 heterocycles. The van der Waals surface area contributed by atoms with E-state index >= 15 is 0 Å². The highest BCUT2D eigenvalue weighted by atomic mass is 35.7. The van der Waals surface area contributed by atoms with Gasteiger partial charge in [-0.25, -0.2) is 8.42 Å². The van der Waals surface area contributed by atoms with Gasteiger partial charge in [0, 0.05) is 10.7 Å². The van der Waals surface area contributed by atoms with Crippen molar-refractivity contribution in [1.82, 2.24) is 0 Å². The SMILES string of the molecule is CC(C)(C)c1ccc(S(=O)(=O)Cl)c(Cl)c1. The summed E-state index contributed by atoms with van der Waals surface area (Å²) >= 11 is 5.86. The van der Waals surface area contributed by atoms with Gasteiger partial charge in [0.1, 0.15) is 4.90 Å². The minimum atomic E-state index is -3.76. The highest BCUT2D eigenvalue weighted by molar-refractivity contribution is 8.13. The lowest BCUT2D eigenvalue weighted by Gasteiger charge is -2.19. The lowest BCUT2D eigenvalue weighted by Crippen LogP contribution is -2.11. The average Bonchev–Trinajstić information content (AvgIpc) is 1.99. The first-order valence-corrected chi connectivity index (χ1v) is 7.06. The molecule has 1 rings (SSSR count). The molecule has 84 valence electrons. The molecule has 0 unspecified atom stereocenters. The Morgan fingerprint density at radius 1 is 1.20 bits per heavy atom. The maximum absolute atomic E-state index is 11.1.